The summed E-state index contributed by atoms with van der Waals surface area (Å²) in [7, 11) is 0. The first-order valence-corrected chi connectivity index (χ1v) is 12.5. The van der Waals surface area contributed by atoms with Crippen molar-refractivity contribution >= 4 is 16.9 Å². The highest BCUT2D eigenvalue weighted by molar-refractivity contribution is 5.83. The van der Waals surface area contributed by atoms with Crippen molar-refractivity contribution in [1.29, 1.82) is 0 Å². The molecule has 2 aromatic heterocycles. The van der Waals surface area contributed by atoms with E-state index in [1.807, 2.05) is 35.2 Å². The van der Waals surface area contributed by atoms with Gasteiger partial charge in [-0.05, 0) is 47.2 Å². The maximum Gasteiger partial charge on any atom is 0.327 e. The van der Waals surface area contributed by atoms with Gasteiger partial charge in [-0.15, -0.1) is 5.10 Å². The molecule has 39 heavy (non-hydrogen) atoms. The van der Waals surface area contributed by atoms with E-state index in [1.165, 1.54) is 4.68 Å². The van der Waals surface area contributed by atoms with Crippen LogP contribution < -0.4 is 24.5 Å². The number of pyridine rings is 1. The number of aromatic amines is 1. The number of H-pyrrole nitrogens is 1. The molecule has 13 heteroatoms. The number of nitrogens with one attached hydrogen (secondary N) is 1. The van der Waals surface area contributed by atoms with E-state index in [0.29, 0.717) is 59.7 Å². The SMILES string of the molecule is CCOC(=O)Cn1nnnc1CN(Cc1ccc2c(c1)OCO2)Cc1cc2cc3c(cc2[nH]c1=O)OCCO3. The molecule has 0 spiro atoms. The Morgan fingerprint density at radius 3 is 2.64 bits per heavy atom. The van der Waals surface area contributed by atoms with Crippen molar-refractivity contribution < 1.29 is 28.5 Å². The summed E-state index contributed by atoms with van der Waals surface area (Å²) in [6.07, 6.45) is 0. The second kappa shape index (κ2) is 10.6. The van der Waals surface area contributed by atoms with E-state index in [2.05, 4.69) is 20.5 Å². The number of aromatic nitrogens is 5. The quantitative estimate of drug-likeness (QED) is 0.314. The summed E-state index contributed by atoms with van der Waals surface area (Å²) in [5, 5.41) is 12.6. The van der Waals surface area contributed by atoms with Crippen molar-refractivity contribution in [3.05, 3.63) is 63.7 Å². The van der Waals surface area contributed by atoms with E-state index < -0.39 is 5.97 Å². The molecule has 0 unspecified atom stereocenters. The van der Waals surface area contributed by atoms with Gasteiger partial charge in [0.15, 0.2) is 28.8 Å². The van der Waals surface area contributed by atoms with Gasteiger partial charge >= 0.3 is 5.97 Å². The smallest absolute Gasteiger partial charge is 0.327 e. The van der Waals surface area contributed by atoms with E-state index in [0.717, 1.165) is 10.9 Å². The topological polar surface area (TPSA) is 143 Å². The van der Waals surface area contributed by atoms with Gasteiger partial charge in [-0.1, -0.05) is 6.07 Å². The predicted molar refractivity (Wildman–Crippen MR) is 136 cm³/mol. The lowest BCUT2D eigenvalue weighted by atomic mass is 10.1. The molecule has 1 N–H and O–H groups in total. The molecule has 0 bridgehead atoms. The lowest BCUT2D eigenvalue weighted by Crippen LogP contribution is -2.28. The minimum absolute atomic E-state index is 0.113. The number of ether oxygens (including phenoxy) is 5. The molecule has 0 saturated carbocycles. The van der Waals surface area contributed by atoms with Crippen molar-refractivity contribution in [2.24, 2.45) is 0 Å². The highest BCUT2D eigenvalue weighted by Gasteiger charge is 2.20. The monoisotopic (exact) mass is 534 g/mol. The highest BCUT2D eigenvalue weighted by atomic mass is 16.7. The van der Waals surface area contributed by atoms with Crippen molar-refractivity contribution in [3.63, 3.8) is 0 Å². The van der Waals surface area contributed by atoms with Crippen molar-refractivity contribution in [2.75, 3.05) is 26.6 Å². The van der Waals surface area contributed by atoms with Gasteiger partial charge < -0.3 is 28.7 Å². The van der Waals surface area contributed by atoms with E-state index >= 15 is 0 Å². The number of fused-ring (bicyclic) bond motifs is 3. The Bertz CT molecular complexity index is 1580. The van der Waals surface area contributed by atoms with Crippen molar-refractivity contribution in [2.45, 2.75) is 33.1 Å². The van der Waals surface area contributed by atoms with Crippen LogP contribution in [0.25, 0.3) is 10.9 Å². The van der Waals surface area contributed by atoms with Crippen LogP contribution in [0, 0.1) is 0 Å². The van der Waals surface area contributed by atoms with E-state index in [4.69, 9.17) is 23.7 Å². The average Bonchev–Trinajstić information content (AvgIpc) is 3.57. The molecule has 2 aliphatic rings. The third-order valence-corrected chi connectivity index (χ3v) is 6.38. The maximum absolute atomic E-state index is 13.1. The van der Waals surface area contributed by atoms with Crippen LogP contribution in [0.4, 0.5) is 0 Å². The Labute approximate surface area is 222 Å². The number of rotatable bonds is 9. The van der Waals surface area contributed by atoms with Crippen LogP contribution in [0.5, 0.6) is 23.0 Å². The Hall–Kier alpha value is -4.65. The van der Waals surface area contributed by atoms with Crippen LogP contribution in [0.2, 0.25) is 0 Å². The zero-order chi connectivity index (χ0) is 26.8. The minimum atomic E-state index is -0.436. The lowest BCUT2D eigenvalue weighted by molar-refractivity contribution is -0.144. The van der Waals surface area contributed by atoms with Gasteiger partial charge in [-0.2, -0.15) is 0 Å². The zero-order valence-corrected chi connectivity index (χ0v) is 21.2. The normalized spacial score (nSPS) is 13.7. The first-order chi connectivity index (χ1) is 19.1. The lowest BCUT2D eigenvalue weighted by Gasteiger charge is -2.22. The fourth-order valence-corrected chi connectivity index (χ4v) is 4.60. The molecule has 202 valence electrons. The number of hydrogen-bond acceptors (Lipinski definition) is 11. The highest BCUT2D eigenvalue weighted by Crippen LogP contribution is 2.34. The Morgan fingerprint density at radius 2 is 1.79 bits per heavy atom. The third-order valence-electron chi connectivity index (χ3n) is 6.38. The predicted octanol–water partition coefficient (Wildman–Crippen LogP) is 1.78. The molecule has 13 nitrogen and oxygen atoms in total. The molecule has 0 radical (unpaired) electrons. The third kappa shape index (κ3) is 5.34. The zero-order valence-electron chi connectivity index (χ0n) is 21.2. The van der Waals surface area contributed by atoms with Crippen LogP contribution >= 0.6 is 0 Å². The minimum Gasteiger partial charge on any atom is -0.486 e. The summed E-state index contributed by atoms with van der Waals surface area (Å²) in [6, 6.07) is 11.2. The Morgan fingerprint density at radius 1 is 1.00 bits per heavy atom. The second-order valence-corrected chi connectivity index (χ2v) is 9.10. The summed E-state index contributed by atoms with van der Waals surface area (Å²) < 4.78 is 28.8. The number of carbonyl (C=O) groups excluding carboxylic acids is 1. The fraction of sp³-hybridized carbons (Fsp3) is 0.346. The number of hydrogen-bond donors (Lipinski definition) is 1. The molecule has 4 heterocycles. The molecule has 2 aromatic carbocycles. The number of esters is 1. The molecule has 2 aliphatic heterocycles. The first-order valence-electron chi connectivity index (χ1n) is 12.5. The van der Waals surface area contributed by atoms with E-state index in [-0.39, 0.29) is 38.6 Å². The molecule has 0 aliphatic carbocycles. The van der Waals surface area contributed by atoms with Crippen LogP contribution in [-0.4, -0.2) is 62.7 Å². The van der Waals surface area contributed by atoms with E-state index in [9.17, 15) is 9.59 Å². The van der Waals surface area contributed by atoms with Crippen LogP contribution in [0.3, 0.4) is 0 Å². The summed E-state index contributed by atoms with van der Waals surface area (Å²) in [4.78, 5) is 30.2. The molecule has 0 fully saturated rings. The summed E-state index contributed by atoms with van der Waals surface area (Å²) in [5.74, 6) is 2.62. The van der Waals surface area contributed by atoms with Gasteiger partial charge in [0.25, 0.3) is 5.56 Å². The number of tetrazole rings is 1. The number of nitrogens with zero attached hydrogens (tertiary/aromatic N) is 5. The average molecular weight is 535 g/mol. The van der Waals surface area contributed by atoms with E-state index in [1.54, 1.807) is 13.0 Å². The second-order valence-electron chi connectivity index (χ2n) is 9.10. The largest absolute Gasteiger partial charge is 0.486 e. The molecule has 4 aromatic rings. The summed E-state index contributed by atoms with van der Waals surface area (Å²) >= 11 is 0. The van der Waals surface area contributed by atoms with Crippen LogP contribution in [-0.2, 0) is 35.7 Å². The molecule has 6 rings (SSSR count). The van der Waals surface area contributed by atoms with Gasteiger partial charge in [0.05, 0.1) is 18.7 Å². The van der Waals surface area contributed by atoms with Crippen LogP contribution in [0.15, 0.2) is 41.2 Å². The molecular weight excluding hydrogens is 508 g/mol. The Kier molecular flexibility index (Phi) is 6.71. The van der Waals surface area contributed by atoms with Crippen molar-refractivity contribution in [1.82, 2.24) is 30.1 Å². The van der Waals surface area contributed by atoms with Gasteiger partial charge in [0.1, 0.15) is 19.8 Å². The Balaban J connectivity index is 1.30. The van der Waals surface area contributed by atoms with Crippen LogP contribution in [0.1, 0.15) is 23.9 Å². The van der Waals surface area contributed by atoms with Crippen molar-refractivity contribution in [3.8, 4) is 23.0 Å². The van der Waals surface area contributed by atoms with Gasteiger partial charge in [0, 0.05) is 30.1 Å². The summed E-state index contributed by atoms with van der Waals surface area (Å²) in [5.41, 5.74) is 1.93. The number of benzene rings is 2. The molecule has 0 saturated heterocycles. The number of carbonyl (C=O) groups is 1. The molecule has 0 amide bonds. The standard InChI is InChI=1S/C26H26N6O7/c1-2-35-25(33)14-32-24(28-29-30-32)13-31(11-16-3-4-20-21(7-16)39-15-38-20)12-18-8-17-9-22-23(37-6-5-36-22)10-19(17)27-26(18)34/h3-4,7-10H,2,5-6,11-15H2,1H3,(H,27,34). The summed E-state index contributed by atoms with van der Waals surface area (Å²) in [6.45, 7) is 3.98. The fourth-order valence-electron chi connectivity index (χ4n) is 4.60. The molecule has 0 atom stereocenters. The maximum atomic E-state index is 13.1. The van der Waals surface area contributed by atoms with Gasteiger partial charge in [0.2, 0.25) is 6.79 Å². The molecular formula is C26H26N6O7. The van der Waals surface area contributed by atoms with Gasteiger partial charge in [-0.3, -0.25) is 14.5 Å². The van der Waals surface area contributed by atoms with Gasteiger partial charge in [-0.25, -0.2) is 4.68 Å². The first kappa shape index (κ1) is 24.7.